The van der Waals surface area contributed by atoms with E-state index in [4.69, 9.17) is 27.9 Å². The summed E-state index contributed by atoms with van der Waals surface area (Å²) in [5.74, 6) is -0.114. The van der Waals surface area contributed by atoms with E-state index < -0.39 is 5.92 Å². The molecule has 0 bridgehead atoms. The maximum absolute atomic E-state index is 12.5. The number of benzene rings is 3. The SMILES string of the molecule is Cc1ccc(N2C[C@H](C(=O)N/N=C/c3ccc(OCc4ccc(Cl)cc4Cl)cc3)CC2=O)cc1. The molecule has 1 atom stereocenters. The van der Waals surface area contributed by atoms with Crippen LogP contribution in [0.2, 0.25) is 10.0 Å². The number of rotatable bonds is 7. The van der Waals surface area contributed by atoms with E-state index in [9.17, 15) is 9.59 Å². The van der Waals surface area contributed by atoms with Gasteiger partial charge >= 0.3 is 0 Å². The molecule has 0 saturated carbocycles. The minimum absolute atomic E-state index is 0.0662. The van der Waals surface area contributed by atoms with E-state index in [0.717, 1.165) is 22.4 Å². The Kier molecular flexibility index (Phi) is 7.50. The van der Waals surface area contributed by atoms with Gasteiger partial charge in [0.25, 0.3) is 0 Å². The Balaban J connectivity index is 1.27. The number of carbonyl (C=O) groups excluding carboxylic acids is 2. The molecule has 1 saturated heterocycles. The fourth-order valence-corrected chi connectivity index (χ4v) is 4.03. The van der Waals surface area contributed by atoms with E-state index in [-0.39, 0.29) is 18.2 Å². The standard InChI is InChI=1S/C26H23Cl2N3O3/c1-17-2-8-22(9-3-17)31-15-20(12-25(31)32)26(33)30-29-14-18-4-10-23(11-5-18)34-16-19-6-7-21(27)13-24(19)28/h2-11,13-14,20H,12,15-16H2,1H3,(H,30,33)/b29-14+/t20-/m1/s1. The molecule has 0 aliphatic carbocycles. The third kappa shape index (κ3) is 5.95. The van der Waals surface area contributed by atoms with Gasteiger partial charge in [-0.15, -0.1) is 0 Å². The topological polar surface area (TPSA) is 71.0 Å². The number of ether oxygens (including phenoxy) is 1. The normalized spacial score (nSPS) is 15.7. The summed E-state index contributed by atoms with van der Waals surface area (Å²) in [6.45, 7) is 2.65. The molecule has 2 amide bonds. The highest BCUT2D eigenvalue weighted by molar-refractivity contribution is 6.35. The fraction of sp³-hybridized carbons (Fsp3) is 0.192. The van der Waals surface area contributed by atoms with Crippen LogP contribution in [0.25, 0.3) is 0 Å². The molecule has 1 fully saturated rings. The quantitative estimate of drug-likeness (QED) is 0.353. The van der Waals surface area contributed by atoms with Crippen molar-refractivity contribution in [3.63, 3.8) is 0 Å². The molecule has 6 nitrogen and oxygen atoms in total. The van der Waals surface area contributed by atoms with Crippen molar-refractivity contribution in [1.29, 1.82) is 0 Å². The maximum Gasteiger partial charge on any atom is 0.245 e. The molecule has 4 rings (SSSR count). The van der Waals surface area contributed by atoms with Crippen molar-refractivity contribution in [2.45, 2.75) is 20.0 Å². The lowest BCUT2D eigenvalue weighted by Gasteiger charge is -2.16. The van der Waals surface area contributed by atoms with Crippen molar-refractivity contribution in [1.82, 2.24) is 5.43 Å². The molecule has 3 aromatic carbocycles. The van der Waals surface area contributed by atoms with Crippen molar-refractivity contribution >= 4 is 46.9 Å². The van der Waals surface area contributed by atoms with Crippen molar-refractivity contribution in [2.24, 2.45) is 11.0 Å². The van der Waals surface area contributed by atoms with Crippen LogP contribution in [0.3, 0.4) is 0 Å². The molecule has 3 aromatic rings. The molecule has 0 unspecified atom stereocenters. The van der Waals surface area contributed by atoms with Crippen LogP contribution in [0.15, 0.2) is 71.8 Å². The van der Waals surface area contributed by atoms with Crippen LogP contribution in [0.1, 0.15) is 23.1 Å². The highest BCUT2D eigenvalue weighted by atomic mass is 35.5. The third-order valence-electron chi connectivity index (χ3n) is 5.52. The summed E-state index contributed by atoms with van der Waals surface area (Å²) in [6.07, 6.45) is 1.71. The van der Waals surface area contributed by atoms with E-state index in [1.807, 2.05) is 61.5 Å². The molecular weight excluding hydrogens is 473 g/mol. The molecule has 8 heteroatoms. The lowest BCUT2D eigenvalue weighted by atomic mass is 10.1. The lowest BCUT2D eigenvalue weighted by molar-refractivity contribution is -0.126. The molecule has 1 heterocycles. The number of carbonyl (C=O) groups is 2. The van der Waals surface area contributed by atoms with Crippen molar-refractivity contribution in [3.8, 4) is 5.75 Å². The summed E-state index contributed by atoms with van der Waals surface area (Å²) in [5.41, 5.74) is 6.09. The van der Waals surface area contributed by atoms with Gasteiger partial charge in [0.05, 0.1) is 12.1 Å². The second-order valence-corrected chi connectivity index (χ2v) is 8.91. The number of hydrazone groups is 1. The van der Waals surface area contributed by atoms with Gasteiger partial charge in [-0.2, -0.15) is 5.10 Å². The molecule has 1 N–H and O–H groups in total. The highest BCUT2D eigenvalue weighted by Crippen LogP contribution is 2.26. The van der Waals surface area contributed by atoms with Crippen molar-refractivity contribution in [3.05, 3.63) is 93.5 Å². The van der Waals surface area contributed by atoms with Crippen LogP contribution in [-0.4, -0.2) is 24.6 Å². The van der Waals surface area contributed by atoms with Crippen LogP contribution in [0, 0.1) is 12.8 Å². The van der Waals surface area contributed by atoms with E-state index in [1.165, 1.54) is 0 Å². The van der Waals surface area contributed by atoms with Crippen molar-refractivity contribution in [2.75, 3.05) is 11.4 Å². The highest BCUT2D eigenvalue weighted by Gasteiger charge is 2.35. The van der Waals surface area contributed by atoms with Gasteiger partial charge in [0, 0.05) is 34.3 Å². The van der Waals surface area contributed by atoms with Gasteiger partial charge in [-0.25, -0.2) is 5.43 Å². The number of hydrogen-bond donors (Lipinski definition) is 1. The summed E-state index contributed by atoms with van der Waals surface area (Å²) in [6, 6.07) is 20.2. The Hall–Kier alpha value is -3.35. The average molecular weight is 496 g/mol. The van der Waals surface area contributed by atoms with Gasteiger partial charge in [-0.3, -0.25) is 9.59 Å². The lowest BCUT2D eigenvalue weighted by Crippen LogP contribution is -2.30. The molecular formula is C26H23Cl2N3O3. The number of hydrogen-bond acceptors (Lipinski definition) is 4. The molecule has 174 valence electrons. The molecule has 0 aromatic heterocycles. The predicted molar refractivity (Wildman–Crippen MR) is 135 cm³/mol. The second kappa shape index (κ2) is 10.7. The van der Waals surface area contributed by atoms with E-state index in [1.54, 1.807) is 23.2 Å². The fourth-order valence-electron chi connectivity index (χ4n) is 3.57. The molecule has 34 heavy (non-hydrogen) atoms. The zero-order valence-corrected chi connectivity index (χ0v) is 20.0. The zero-order valence-electron chi connectivity index (χ0n) is 18.5. The first-order chi connectivity index (χ1) is 16.4. The van der Waals surface area contributed by atoms with Crippen LogP contribution >= 0.6 is 23.2 Å². The van der Waals surface area contributed by atoms with Gasteiger partial charge in [0.1, 0.15) is 12.4 Å². The number of amides is 2. The first-order valence-electron chi connectivity index (χ1n) is 10.8. The molecule has 0 radical (unpaired) electrons. The van der Waals surface area contributed by atoms with Gasteiger partial charge in [-0.1, -0.05) is 47.0 Å². The van der Waals surface area contributed by atoms with Gasteiger partial charge in [-0.05, 0) is 61.0 Å². The Morgan fingerprint density at radius 1 is 1.12 bits per heavy atom. The monoisotopic (exact) mass is 495 g/mol. The van der Waals surface area contributed by atoms with Crippen LogP contribution < -0.4 is 15.1 Å². The minimum atomic E-state index is -0.443. The van der Waals surface area contributed by atoms with Crippen LogP contribution in [0.4, 0.5) is 5.69 Å². The van der Waals surface area contributed by atoms with Crippen molar-refractivity contribution < 1.29 is 14.3 Å². The third-order valence-corrected chi connectivity index (χ3v) is 6.11. The van der Waals surface area contributed by atoms with Gasteiger partial charge in [0.2, 0.25) is 11.8 Å². The van der Waals surface area contributed by atoms with Crippen LogP contribution in [0.5, 0.6) is 5.75 Å². The second-order valence-electron chi connectivity index (χ2n) is 8.07. The summed E-state index contributed by atoms with van der Waals surface area (Å²) < 4.78 is 5.76. The number of nitrogens with one attached hydrogen (secondary N) is 1. The maximum atomic E-state index is 12.5. The molecule has 1 aliphatic heterocycles. The zero-order chi connectivity index (χ0) is 24.1. The number of aryl methyl sites for hydroxylation is 1. The first-order valence-corrected chi connectivity index (χ1v) is 11.5. The minimum Gasteiger partial charge on any atom is -0.489 e. The Morgan fingerprint density at radius 3 is 2.56 bits per heavy atom. The van der Waals surface area contributed by atoms with E-state index in [2.05, 4.69) is 10.5 Å². The number of anilines is 1. The Labute approximate surface area is 208 Å². The number of nitrogens with zero attached hydrogens (tertiary/aromatic N) is 2. The van der Waals surface area contributed by atoms with E-state index in [0.29, 0.717) is 28.9 Å². The largest absolute Gasteiger partial charge is 0.489 e. The average Bonchev–Trinajstić information content (AvgIpc) is 3.21. The van der Waals surface area contributed by atoms with Gasteiger partial charge in [0.15, 0.2) is 0 Å². The predicted octanol–water partition coefficient (Wildman–Crippen LogP) is 5.38. The summed E-state index contributed by atoms with van der Waals surface area (Å²) in [5, 5.41) is 5.17. The molecule has 1 aliphatic rings. The molecule has 0 spiro atoms. The summed E-state index contributed by atoms with van der Waals surface area (Å²) in [7, 11) is 0. The summed E-state index contributed by atoms with van der Waals surface area (Å²) in [4.78, 5) is 26.5. The van der Waals surface area contributed by atoms with Crippen LogP contribution in [-0.2, 0) is 16.2 Å². The van der Waals surface area contributed by atoms with Gasteiger partial charge < -0.3 is 9.64 Å². The first kappa shape index (κ1) is 23.8. The smallest absolute Gasteiger partial charge is 0.245 e. The number of halogens is 2. The summed E-state index contributed by atoms with van der Waals surface area (Å²) >= 11 is 12.1. The Morgan fingerprint density at radius 2 is 1.85 bits per heavy atom. The Bertz CT molecular complexity index is 1210. The van der Waals surface area contributed by atoms with E-state index >= 15 is 0 Å².